The maximum Gasteiger partial charge on any atom is 0.167 e. The van der Waals surface area contributed by atoms with E-state index in [0.29, 0.717) is 23.9 Å². The van der Waals surface area contributed by atoms with Gasteiger partial charge < -0.3 is 14.6 Å². The Bertz CT molecular complexity index is 695. The van der Waals surface area contributed by atoms with Gasteiger partial charge in [-0.15, -0.1) is 0 Å². The quantitative estimate of drug-likeness (QED) is 0.625. The van der Waals surface area contributed by atoms with Crippen LogP contribution in [0.1, 0.15) is 90.9 Å². The van der Waals surface area contributed by atoms with Gasteiger partial charge in [-0.2, -0.15) is 0 Å². The van der Waals surface area contributed by atoms with Gasteiger partial charge in [0.2, 0.25) is 0 Å². The number of carbonyl (C=O) groups is 1. The molecule has 0 aromatic rings. The lowest BCUT2D eigenvalue weighted by molar-refractivity contribution is -0.287. The Morgan fingerprint density at radius 2 is 1.93 bits per heavy atom. The molecule has 3 saturated carbocycles. The summed E-state index contributed by atoms with van der Waals surface area (Å²) in [5.41, 5.74) is 0.751. The molecule has 1 aliphatic heterocycles. The van der Waals surface area contributed by atoms with Gasteiger partial charge in [-0.3, -0.25) is 4.79 Å². The molecule has 4 nitrogen and oxygen atoms in total. The molecule has 168 valence electrons. The van der Waals surface area contributed by atoms with Crippen LogP contribution in [0.3, 0.4) is 0 Å². The van der Waals surface area contributed by atoms with E-state index in [0.717, 1.165) is 55.9 Å². The normalized spacial score (nSPS) is 46.9. The van der Waals surface area contributed by atoms with Gasteiger partial charge in [-0.25, -0.2) is 0 Å². The topological polar surface area (TPSA) is 55.8 Å². The number of aliphatic hydroxyl groups is 1. The predicted molar refractivity (Wildman–Crippen MR) is 115 cm³/mol. The third-order valence-corrected chi connectivity index (χ3v) is 10.0. The molecule has 5 rings (SSSR count). The fourth-order valence-electron chi connectivity index (χ4n) is 8.61. The van der Waals surface area contributed by atoms with Crippen LogP contribution in [-0.4, -0.2) is 30.1 Å². The summed E-state index contributed by atoms with van der Waals surface area (Å²) >= 11 is 0. The molecule has 4 aliphatic carbocycles. The zero-order chi connectivity index (χ0) is 20.9. The fourth-order valence-corrected chi connectivity index (χ4v) is 8.61. The summed E-state index contributed by atoms with van der Waals surface area (Å²) in [6.45, 7) is 4.94. The molecule has 4 heteroatoms. The van der Waals surface area contributed by atoms with Crippen molar-refractivity contribution in [1.82, 2.24) is 0 Å². The number of fused-ring (bicyclic) bond motifs is 5. The first-order chi connectivity index (χ1) is 14.5. The first kappa shape index (κ1) is 21.2. The molecule has 0 aromatic heterocycles. The van der Waals surface area contributed by atoms with Crippen molar-refractivity contribution in [2.75, 3.05) is 6.61 Å². The second-order valence-corrected chi connectivity index (χ2v) is 11.2. The van der Waals surface area contributed by atoms with Gasteiger partial charge in [-0.1, -0.05) is 25.8 Å². The Balaban J connectivity index is 1.44. The smallest absolute Gasteiger partial charge is 0.167 e. The number of ketones is 1. The largest absolute Gasteiger partial charge is 0.367 e. The van der Waals surface area contributed by atoms with E-state index in [-0.39, 0.29) is 12.1 Å². The van der Waals surface area contributed by atoms with Crippen molar-refractivity contribution in [3.63, 3.8) is 0 Å². The summed E-state index contributed by atoms with van der Waals surface area (Å²) in [4.78, 5) is 12.7. The van der Waals surface area contributed by atoms with Crippen LogP contribution in [0.15, 0.2) is 11.6 Å². The highest BCUT2D eigenvalue weighted by atomic mass is 16.7. The van der Waals surface area contributed by atoms with Crippen LogP contribution in [0.4, 0.5) is 0 Å². The summed E-state index contributed by atoms with van der Waals surface area (Å²) in [6.07, 6.45) is 14.9. The summed E-state index contributed by atoms with van der Waals surface area (Å²) in [5, 5.41) is 11.5. The maximum absolute atomic E-state index is 12.7. The highest BCUT2D eigenvalue weighted by Crippen LogP contribution is 2.67. The molecule has 5 aliphatic rings. The molecule has 0 spiro atoms. The van der Waals surface area contributed by atoms with E-state index in [2.05, 4.69) is 13.0 Å². The van der Waals surface area contributed by atoms with Gasteiger partial charge >= 0.3 is 0 Å². The lowest BCUT2D eigenvalue weighted by atomic mass is 9.44. The van der Waals surface area contributed by atoms with E-state index in [1.54, 1.807) is 6.92 Å². The van der Waals surface area contributed by atoms with E-state index in [4.69, 9.17) is 9.47 Å². The molecule has 0 bridgehead atoms. The molecule has 0 aromatic carbocycles. The van der Waals surface area contributed by atoms with Crippen molar-refractivity contribution in [1.29, 1.82) is 0 Å². The molecule has 1 saturated heterocycles. The van der Waals surface area contributed by atoms with Crippen LogP contribution in [0, 0.1) is 34.5 Å². The average Bonchev–Trinajstić information content (AvgIpc) is 3.15. The fraction of sp³-hybridized carbons (Fsp3) is 0.885. The number of carbonyl (C=O) groups excluding carboxylic acids is 1. The van der Waals surface area contributed by atoms with E-state index >= 15 is 0 Å². The lowest BCUT2D eigenvalue weighted by Gasteiger charge is -2.61. The molecular weight excluding hydrogens is 376 g/mol. The summed E-state index contributed by atoms with van der Waals surface area (Å²) in [6, 6.07) is 0. The monoisotopic (exact) mass is 416 g/mol. The van der Waals surface area contributed by atoms with Gasteiger partial charge in [0.15, 0.2) is 18.4 Å². The van der Waals surface area contributed by atoms with Gasteiger partial charge in [-0.05, 0) is 100 Å². The minimum absolute atomic E-state index is 0.112. The second kappa shape index (κ2) is 8.01. The second-order valence-electron chi connectivity index (χ2n) is 11.2. The summed E-state index contributed by atoms with van der Waals surface area (Å²) in [7, 11) is 0. The first-order valence-electron chi connectivity index (χ1n) is 12.6. The van der Waals surface area contributed by atoms with E-state index in [1.807, 2.05) is 0 Å². The van der Waals surface area contributed by atoms with Crippen molar-refractivity contribution in [2.45, 2.75) is 103 Å². The van der Waals surface area contributed by atoms with Gasteiger partial charge in [0.1, 0.15) is 0 Å². The minimum atomic E-state index is -0.943. The third kappa shape index (κ3) is 3.16. The Labute approximate surface area is 181 Å². The van der Waals surface area contributed by atoms with Crippen LogP contribution in [0.25, 0.3) is 0 Å². The van der Waals surface area contributed by atoms with Crippen molar-refractivity contribution in [3.05, 3.63) is 11.6 Å². The zero-order valence-corrected chi connectivity index (χ0v) is 18.9. The van der Waals surface area contributed by atoms with Crippen molar-refractivity contribution >= 4 is 5.78 Å². The number of allylic oxidation sites excluding steroid dienone is 1. The lowest BCUT2D eigenvalue weighted by Crippen LogP contribution is -2.57. The molecule has 30 heavy (non-hydrogen) atoms. The number of aliphatic hydroxyl groups excluding tert-OH is 1. The Morgan fingerprint density at radius 3 is 2.70 bits per heavy atom. The predicted octanol–water partition coefficient (Wildman–Crippen LogP) is 5.39. The van der Waals surface area contributed by atoms with Crippen LogP contribution in [-0.2, 0) is 14.3 Å². The number of hydrogen-bond acceptors (Lipinski definition) is 4. The molecule has 1 N–H and O–H groups in total. The van der Waals surface area contributed by atoms with Crippen LogP contribution >= 0.6 is 0 Å². The number of Topliss-reactive ketones (excluding diaryl/α,β-unsaturated/α-hetero) is 1. The molecule has 3 unspecified atom stereocenters. The van der Waals surface area contributed by atoms with Crippen molar-refractivity contribution in [3.8, 4) is 0 Å². The zero-order valence-electron chi connectivity index (χ0n) is 18.9. The average molecular weight is 417 g/mol. The van der Waals surface area contributed by atoms with Gasteiger partial charge in [0.25, 0.3) is 0 Å². The van der Waals surface area contributed by atoms with Gasteiger partial charge in [0, 0.05) is 12.2 Å². The summed E-state index contributed by atoms with van der Waals surface area (Å²) in [5.74, 6) is 2.64. The van der Waals surface area contributed by atoms with E-state index in [1.165, 1.54) is 38.5 Å². The molecule has 1 heterocycles. The van der Waals surface area contributed by atoms with Crippen LogP contribution in [0.2, 0.25) is 0 Å². The number of hydrogen-bond donors (Lipinski definition) is 1. The number of rotatable bonds is 4. The van der Waals surface area contributed by atoms with E-state index in [9.17, 15) is 9.90 Å². The molecular formula is C26H40O4. The van der Waals surface area contributed by atoms with Crippen LogP contribution < -0.4 is 0 Å². The minimum Gasteiger partial charge on any atom is -0.367 e. The van der Waals surface area contributed by atoms with Crippen molar-refractivity contribution < 1.29 is 19.4 Å². The maximum atomic E-state index is 12.7. The highest BCUT2D eigenvalue weighted by Gasteiger charge is 2.62. The molecule has 0 radical (unpaired) electrons. The third-order valence-electron chi connectivity index (χ3n) is 10.0. The van der Waals surface area contributed by atoms with Crippen LogP contribution in [0.5, 0.6) is 0 Å². The Hall–Kier alpha value is -0.710. The Kier molecular flexibility index (Phi) is 5.65. The first-order valence-corrected chi connectivity index (χ1v) is 12.6. The SMILES string of the molecule is CC(=O)C1=CC[C@H]2[C@@H]3CCC4CCCC[C@]4(C)[C@H]3CC[C@]12C(O)OC1CCCCO1. The Morgan fingerprint density at radius 1 is 1.10 bits per heavy atom. The van der Waals surface area contributed by atoms with Gasteiger partial charge in [0.05, 0.1) is 5.41 Å². The molecule has 0 amide bonds. The van der Waals surface area contributed by atoms with Crippen molar-refractivity contribution in [2.24, 2.45) is 34.5 Å². The molecule has 8 atom stereocenters. The molecule has 4 fully saturated rings. The highest BCUT2D eigenvalue weighted by molar-refractivity contribution is 5.95. The standard InChI is InChI=1S/C26H40O4/c1-17(27)20-11-12-22-19-10-9-18-7-3-5-14-25(18,2)21(19)13-15-26(20,22)24(28)30-23-8-4-6-16-29-23/h11,18-19,21-24,28H,3-10,12-16H2,1-2H3/t18?,19-,21+,22+,23?,24?,25+,26+/m1/s1. The summed E-state index contributed by atoms with van der Waals surface area (Å²) < 4.78 is 12.0. The van der Waals surface area contributed by atoms with E-state index < -0.39 is 11.7 Å². The number of ether oxygens (including phenoxy) is 2.